The highest BCUT2D eigenvalue weighted by molar-refractivity contribution is 7.99. The van der Waals surface area contributed by atoms with Gasteiger partial charge in [-0.25, -0.2) is 4.98 Å². The van der Waals surface area contributed by atoms with E-state index in [0.717, 1.165) is 17.3 Å². The largest absolute Gasteiger partial charge is 0.405 e. The van der Waals surface area contributed by atoms with Gasteiger partial charge in [0.2, 0.25) is 5.91 Å². The predicted octanol–water partition coefficient (Wildman–Crippen LogP) is 4.28. The molecule has 2 aromatic carbocycles. The number of para-hydroxylation sites is 2. The molecule has 0 unspecified atom stereocenters. The van der Waals surface area contributed by atoms with Gasteiger partial charge in [0.15, 0.2) is 5.16 Å². The van der Waals surface area contributed by atoms with Gasteiger partial charge in [0.05, 0.1) is 22.3 Å². The summed E-state index contributed by atoms with van der Waals surface area (Å²) in [5, 5.41) is 2.50. The lowest BCUT2D eigenvalue weighted by atomic mass is 10.0. The number of halogens is 3. The molecule has 1 heterocycles. The van der Waals surface area contributed by atoms with E-state index in [1.165, 1.54) is 4.57 Å². The molecule has 1 aromatic heterocycles. The molecule has 5 nitrogen and oxygen atoms in total. The van der Waals surface area contributed by atoms with Crippen molar-refractivity contribution in [2.75, 3.05) is 12.3 Å². The van der Waals surface area contributed by atoms with Crippen LogP contribution in [-0.2, 0) is 4.79 Å². The molecule has 0 bridgehead atoms. The maximum atomic E-state index is 13.3. The van der Waals surface area contributed by atoms with Crippen molar-refractivity contribution in [3.63, 3.8) is 0 Å². The minimum absolute atomic E-state index is 0.118. The van der Waals surface area contributed by atoms with Crippen LogP contribution in [-0.4, -0.2) is 33.9 Å². The number of benzene rings is 2. The van der Waals surface area contributed by atoms with Crippen molar-refractivity contribution < 1.29 is 18.0 Å². The molecule has 3 aromatic rings. The summed E-state index contributed by atoms with van der Waals surface area (Å²) in [6.07, 6.45) is -4.49. The Morgan fingerprint density at radius 3 is 2.50 bits per heavy atom. The standard InChI is InChI=1S/C21H20F3N3O2S/c1-13(2)14-7-4-6-10-17(14)27-19(29)15-8-3-5-9-16(15)26-20(27)30-11-18(28)25-12-21(22,23)24/h3-10,13H,11-12H2,1-2H3,(H,25,28). The highest BCUT2D eigenvalue weighted by atomic mass is 32.2. The molecule has 0 spiro atoms. The number of hydrogen-bond donors (Lipinski definition) is 1. The van der Waals surface area contributed by atoms with Gasteiger partial charge in [-0.15, -0.1) is 0 Å². The van der Waals surface area contributed by atoms with Crippen LogP contribution in [0.5, 0.6) is 0 Å². The first-order valence-corrected chi connectivity index (χ1v) is 10.2. The number of alkyl halides is 3. The summed E-state index contributed by atoms with van der Waals surface area (Å²) in [6, 6.07) is 14.2. The number of aromatic nitrogens is 2. The van der Waals surface area contributed by atoms with Crippen molar-refractivity contribution in [3.8, 4) is 5.69 Å². The van der Waals surface area contributed by atoms with Crippen LogP contribution in [0.3, 0.4) is 0 Å². The number of thioether (sulfide) groups is 1. The third kappa shape index (κ3) is 5.02. The minimum Gasteiger partial charge on any atom is -0.346 e. The van der Waals surface area contributed by atoms with E-state index in [1.54, 1.807) is 36.4 Å². The summed E-state index contributed by atoms with van der Waals surface area (Å²) in [4.78, 5) is 29.7. The molecule has 0 aliphatic rings. The fourth-order valence-corrected chi connectivity index (χ4v) is 3.82. The molecule has 1 N–H and O–H groups in total. The number of nitrogens with one attached hydrogen (secondary N) is 1. The molecule has 0 aliphatic heterocycles. The number of carbonyl (C=O) groups excluding carboxylic acids is 1. The summed E-state index contributed by atoms with van der Waals surface area (Å²) in [6.45, 7) is 2.59. The van der Waals surface area contributed by atoms with E-state index in [-0.39, 0.29) is 22.4 Å². The minimum atomic E-state index is -4.49. The van der Waals surface area contributed by atoms with Crippen LogP contribution in [0.1, 0.15) is 25.3 Å². The Morgan fingerprint density at radius 2 is 1.80 bits per heavy atom. The van der Waals surface area contributed by atoms with Crippen LogP contribution >= 0.6 is 11.8 Å². The van der Waals surface area contributed by atoms with E-state index in [9.17, 15) is 22.8 Å². The van der Waals surface area contributed by atoms with Crippen molar-refractivity contribution in [3.05, 3.63) is 64.4 Å². The van der Waals surface area contributed by atoms with Gasteiger partial charge in [-0.2, -0.15) is 13.2 Å². The van der Waals surface area contributed by atoms with Gasteiger partial charge in [-0.3, -0.25) is 14.2 Å². The number of rotatable bonds is 6. The van der Waals surface area contributed by atoms with Gasteiger partial charge < -0.3 is 5.32 Å². The van der Waals surface area contributed by atoms with Crippen molar-refractivity contribution in [1.82, 2.24) is 14.9 Å². The monoisotopic (exact) mass is 435 g/mol. The molecule has 0 aliphatic carbocycles. The van der Waals surface area contributed by atoms with E-state index in [2.05, 4.69) is 4.98 Å². The van der Waals surface area contributed by atoms with Crippen molar-refractivity contribution in [1.29, 1.82) is 0 Å². The predicted molar refractivity (Wildman–Crippen MR) is 111 cm³/mol. The molecule has 3 rings (SSSR count). The van der Waals surface area contributed by atoms with Gasteiger partial charge in [0, 0.05) is 0 Å². The smallest absolute Gasteiger partial charge is 0.346 e. The molecule has 9 heteroatoms. The van der Waals surface area contributed by atoms with Crippen LogP contribution < -0.4 is 10.9 Å². The molecule has 0 atom stereocenters. The zero-order valence-electron chi connectivity index (χ0n) is 16.4. The molecule has 30 heavy (non-hydrogen) atoms. The van der Waals surface area contributed by atoms with Crippen molar-refractivity contribution >= 4 is 28.6 Å². The SMILES string of the molecule is CC(C)c1ccccc1-n1c(SCC(=O)NCC(F)(F)F)nc2ccccc2c1=O. The molecule has 0 saturated heterocycles. The summed E-state index contributed by atoms with van der Waals surface area (Å²) >= 11 is 0.922. The van der Waals surface area contributed by atoms with E-state index in [0.29, 0.717) is 16.6 Å². The van der Waals surface area contributed by atoms with Crippen LogP contribution in [0.2, 0.25) is 0 Å². The molecule has 0 saturated carbocycles. The summed E-state index contributed by atoms with van der Waals surface area (Å²) in [5.41, 5.74) is 1.71. The average Bonchev–Trinajstić information content (AvgIpc) is 2.70. The van der Waals surface area contributed by atoms with Crippen LogP contribution in [0.25, 0.3) is 16.6 Å². The van der Waals surface area contributed by atoms with E-state index in [1.807, 2.05) is 31.3 Å². The Kier molecular flexibility index (Phi) is 6.50. The maximum Gasteiger partial charge on any atom is 0.405 e. The summed E-state index contributed by atoms with van der Waals surface area (Å²) < 4.78 is 38.4. The number of carbonyl (C=O) groups is 1. The second-order valence-corrected chi connectivity index (χ2v) is 7.89. The molecule has 0 fully saturated rings. The maximum absolute atomic E-state index is 13.3. The Balaban J connectivity index is 2.05. The van der Waals surface area contributed by atoms with E-state index < -0.39 is 18.6 Å². The third-order valence-electron chi connectivity index (χ3n) is 4.36. The molecular formula is C21H20F3N3O2S. The van der Waals surface area contributed by atoms with Crippen LogP contribution in [0, 0.1) is 0 Å². The van der Waals surface area contributed by atoms with E-state index in [4.69, 9.17) is 0 Å². The first kappa shape index (κ1) is 21.9. The Labute approximate surface area is 175 Å². The topological polar surface area (TPSA) is 64.0 Å². The first-order valence-electron chi connectivity index (χ1n) is 9.24. The Hall–Kier alpha value is -2.81. The highest BCUT2D eigenvalue weighted by Gasteiger charge is 2.27. The van der Waals surface area contributed by atoms with Crippen molar-refractivity contribution in [2.45, 2.75) is 31.1 Å². The second-order valence-electron chi connectivity index (χ2n) is 6.95. The lowest BCUT2D eigenvalue weighted by Gasteiger charge is -2.18. The lowest BCUT2D eigenvalue weighted by molar-refractivity contribution is -0.136. The van der Waals surface area contributed by atoms with Crippen LogP contribution in [0.15, 0.2) is 58.5 Å². The summed E-state index contributed by atoms with van der Waals surface area (Å²) in [5.74, 6) is -0.971. The van der Waals surface area contributed by atoms with Gasteiger partial charge in [0.1, 0.15) is 6.54 Å². The molecular weight excluding hydrogens is 415 g/mol. The van der Waals surface area contributed by atoms with Crippen molar-refractivity contribution in [2.24, 2.45) is 0 Å². The van der Waals surface area contributed by atoms with Gasteiger partial charge >= 0.3 is 6.18 Å². The lowest BCUT2D eigenvalue weighted by Crippen LogP contribution is -2.35. The third-order valence-corrected chi connectivity index (χ3v) is 5.30. The number of fused-ring (bicyclic) bond motifs is 1. The molecule has 0 radical (unpaired) electrons. The second kappa shape index (κ2) is 8.91. The summed E-state index contributed by atoms with van der Waals surface area (Å²) in [7, 11) is 0. The van der Waals surface area contributed by atoms with E-state index >= 15 is 0 Å². The first-order chi connectivity index (χ1) is 14.2. The normalized spacial score (nSPS) is 11.8. The fourth-order valence-electron chi connectivity index (χ4n) is 2.98. The zero-order valence-corrected chi connectivity index (χ0v) is 17.2. The Bertz CT molecular complexity index is 1130. The van der Waals surface area contributed by atoms with Gasteiger partial charge in [-0.05, 0) is 29.7 Å². The quantitative estimate of drug-likeness (QED) is 0.464. The zero-order chi connectivity index (χ0) is 21.9. The Morgan fingerprint density at radius 1 is 1.13 bits per heavy atom. The van der Waals surface area contributed by atoms with Gasteiger partial charge in [0.25, 0.3) is 5.56 Å². The average molecular weight is 435 g/mol. The number of hydrogen-bond acceptors (Lipinski definition) is 4. The molecule has 1 amide bonds. The fraction of sp³-hybridized carbons (Fsp3) is 0.286. The van der Waals surface area contributed by atoms with Crippen LogP contribution in [0.4, 0.5) is 13.2 Å². The number of nitrogens with zero attached hydrogens (tertiary/aromatic N) is 2. The molecule has 158 valence electrons. The number of amides is 1. The highest BCUT2D eigenvalue weighted by Crippen LogP contribution is 2.27. The van der Waals surface area contributed by atoms with Gasteiger partial charge in [-0.1, -0.05) is 55.9 Å².